The first-order valence-electron chi connectivity index (χ1n) is 8.45. The lowest BCUT2D eigenvalue weighted by Gasteiger charge is -2.10. The van der Waals surface area contributed by atoms with Crippen molar-refractivity contribution < 1.29 is 4.79 Å². The number of imidazole rings is 1. The standard InChI is InChI=1S/C20H18ClN3OS/c1-13-5-7-14(8-6-13)18-17(24-9-10-26-20(24)23-18)12-22-19(25)15-3-2-4-16(21)11-15/h2-8,11H,9-10,12H2,1H3,(H,22,25). The maximum absolute atomic E-state index is 12.5. The zero-order valence-electron chi connectivity index (χ0n) is 14.3. The minimum absolute atomic E-state index is 0.136. The van der Waals surface area contributed by atoms with Crippen molar-refractivity contribution in [1.29, 1.82) is 0 Å². The predicted molar refractivity (Wildman–Crippen MR) is 106 cm³/mol. The van der Waals surface area contributed by atoms with Crippen molar-refractivity contribution >= 4 is 29.3 Å². The molecule has 0 atom stereocenters. The predicted octanol–water partition coefficient (Wildman–Crippen LogP) is 4.55. The molecule has 0 fully saturated rings. The number of carbonyl (C=O) groups excluding carboxylic acids is 1. The Morgan fingerprint density at radius 2 is 2.08 bits per heavy atom. The van der Waals surface area contributed by atoms with Gasteiger partial charge in [-0.15, -0.1) is 0 Å². The number of aromatic nitrogens is 2. The molecule has 0 bridgehead atoms. The van der Waals surface area contributed by atoms with Crippen LogP contribution in [-0.4, -0.2) is 21.2 Å². The van der Waals surface area contributed by atoms with Crippen LogP contribution in [0.15, 0.2) is 53.7 Å². The molecule has 0 unspecified atom stereocenters. The van der Waals surface area contributed by atoms with Crippen molar-refractivity contribution in [1.82, 2.24) is 14.9 Å². The summed E-state index contributed by atoms with van der Waals surface area (Å²) in [5.74, 6) is 0.884. The van der Waals surface area contributed by atoms with Gasteiger partial charge in [-0.1, -0.05) is 59.3 Å². The molecule has 3 aromatic rings. The van der Waals surface area contributed by atoms with Crippen molar-refractivity contribution in [3.8, 4) is 11.3 Å². The molecule has 1 amide bonds. The Balaban J connectivity index is 1.61. The normalized spacial score (nSPS) is 12.8. The van der Waals surface area contributed by atoms with Crippen LogP contribution in [0.5, 0.6) is 0 Å². The molecule has 2 aromatic carbocycles. The Morgan fingerprint density at radius 3 is 2.85 bits per heavy atom. The van der Waals surface area contributed by atoms with E-state index >= 15 is 0 Å². The van der Waals surface area contributed by atoms with Crippen molar-refractivity contribution in [2.24, 2.45) is 0 Å². The summed E-state index contributed by atoms with van der Waals surface area (Å²) in [6, 6.07) is 15.3. The largest absolute Gasteiger partial charge is 0.346 e. The third kappa shape index (κ3) is 3.37. The van der Waals surface area contributed by atoms with Crippen LogP contribution in [0.25, 0.3) is 11.3 Å². The van der Waals surface area contributed by atoms with Crippen LogP contribution in [0, 0.1) is 6.92 Å². The highest BCUT2D eigenvalue weighted by molar-refractivity contribution is 7.99. The molecule has 1 aliphatic heterocycles. The minimum atomic E-state index is -0.136. The molecule has 0 aliphatic carbocycles. The molecule has 4 nitrogen and oxygen atoms in total. The van der Waals surface area contributed by atoms with Crippen LogP contribution in [0.4, 0.5) is 0 Å². The van der Waals surface area contributed by atoms with Gasteiger partial charge in [-0.25, -0.2) is 4.98 Å². The van der Waals surface area contributed by atoms with E-state index in [9.17, 15) is 4.79 Å². The molecule has 2 heterocycles. The van der Waals surface area contributed by atoms with E-state index in [1.165, 1.54) is 5.56 Å². The summed E-state index contributed by atoms with van der Waals surface area (Å²) in [5.41, 5.74) is 4.84. The average molecular weight is 384 g/mol. The number of aryl methyl sites for hydroxylation is 1. The number of amides is 1. The molecular weight excluding hydrogens is 366 g/mol. The van der Waals surface area contributed by atoms with E-state index in [4.69, 9.17) is 16.6 Å². The molecule has 0 spiro atoms. The number of halogens is 1. The van der Waals surface area contributed by atoms with Gasteiger partial charge in [0.1, 0.15) is 0 Å². The van der Waals surface area contributed by atoms with E-state index in [1.54, 1.807) is 36.0 Å². The first-order chi connectivity index (χ1) is 12.6. The molecule has 1 N–H and O–H groups in total. The Kier molecular flexibility index (Phi) is 4.74. The molecule has 132 valence electrons. The second-order valence-corrected chi connectivity index (χ2v) is 7.75. The van der Waals surface area contributed by atoms with Gasteiger partial charge in [-0.3, -0.25) is 4.79 Å². The molecular formula is C20H18ClN3OS. The van der Waals surface area contributed by atoms with Crippen LogP contribution in [0.2, 0.25) is 5.02 Å². The fraction of sp³-hybridized carbons (Fsp3) is 0.200. The highest BCUT2D eigenvalue weighted by atomic mass is 35.5. The van der Waals surface area contributed by atoms with E-state index in [0.717, 1.165) is 34.4 Å². The number of rotatable bonds is 4. The molecule has 1 aromatic heterocycles. The van der Waals surface area contributed by atoms with Crippen LogP contribution in [0.1, 0.15) is 21.6 Å². The Bertz CT molecular complexity index is 966. The van der Waals surface area contributed by atoms with Crippen LogP contribution in [0.3, 0.4) is 0 Å². The maximum atomic E-state index is 12.5. The number of thioether (sulfide) groups is 1. The Morgan fingerprint density at radius 1 is 1.27 bits per heavy atom. The van der Waals surface area contributed by atoms with Gasteiger partial charge in [0, 0.05) is 28.4 Å². The quantitative estimate of drug-likeness (QED) is 0.719. The van der Waals surface area contributed by atoms with Crippen molar-refractivity contribution in [3.05, 3.63) is 70.4 Å². The first-order valence-corrected chi connectivity index (χ1v) is 9.81. The second kappa shape index (κ2) is 7.17. The molecule has 4 rings (SSSR count). The van der Waals surface area contributed by atoms with Gasteiger partial charge in [0.15, 0.2) is 5.16 Å². The van der Waals surface area contributed by atoms with E-state index in [1.807, 2.05) is 0 Å². The topological polar surface area (TPSA) is 46.9 Å². The molecule has 0 radical (unpaired) electrons. The van der Waals surface area contributed by atoms with Crippen molar-refractivity contribution in [2.45, 2.75) is 25.2 Å². The van der Waals surface area contributed by atoms with Gasteiger partial charge < -0.3 is 9.88 Å². The lowest BCUT2D eigenvalue weighted by Crippen LogP contribution is -2.24. The van der Waals surface area contributed by atoms with E-state index in [0.29, 0.717) is 17.1 Å². The van der Waals surface area contributed by atoms with Gasteiger partial charge in [-0.2, -0.15) is 0 Å². The van der Waals surface area contributed by atoms with Crippen molar-refractivity contribution in [3.63, 3.8) is 0 Å². The minimum Gasteiger partial charge on any atom is -0.346 e. The Labute approximate surface area is 161 Å². The summed E-state index contributed by atoms with van der Waals surface area (Å²) in [6.07, 6.45) is 0. The summed E-state index contributed by atoms with van der Waals surface area (Å²) >= 11 is 7.74. The third-order valence-electron chi connectivity index (χ3n) is 4.41. The van der Waals surface area contributed by atoms with Gasteiger partial charge in [0.25, 0.3) is 5.91 Å². The second-order valence-electron chi connectivity index (χ2n) is 6.25. The number of nitrogens with one attached hydrogen (secondary N) is 1. The summed E-state index contributed by atoms with van der Waals surface area (Å²) in [6.45, 7) is 3.42. The third-order valence-corrected chi connectivity index (χ3v) is 5.60. The fourth-order valence-electron chi connectivity index (χ4n) is 3.05. The smallest absolute Gasteiger partial charge is 0.251 e. The Hall–Kier alpha value is -2.24. The molecule has 26 heavy (non-hydrogen) atoms. The zero-order valence-corrected chi connectivity index (χ0v) is 15.9. The number of fused-ring (bicyclic) bond motifs is 1. The fourth-order valence-corrected chi connectivity index (χ4v) is 4.21. The lowest BCUT2D eigenvalue weighted by molar-refractivity contribution is 0.0950. The van der Waals surface area contributed by atoms with E-state index < -0.39 is 0 Å². The summed E-state index contributed by atoms with van der Waals surface area (Å²) < 4.78 is 2.21. The highest BCUT2D eigenvalue weighted by Gasteiger charge is 2.23. The van der Waals surface area contributed by atoms with E-state index in [-0.39, 0.29) is 5.91 Å². The lowest BCUT2D eigenvalue weighted by atomic mass is 10.1. The summed E-state index contributed by atoms with van der Waals surface area (Å²) in [5, 5.41) is 4.59. The number of hydrogen-bond donors (Lipinski definition) is 1. The molecule has 6 heteroatoms. The van der Waals surface area contributed by atoms with Gasteiger partial charge in [0.2, 0.25) is 0 Å². The van der Waals surface area contributed by atoms with Crippen LogP contribution >= 0.6 is 23.4 Å². The number of nitrogens with zero attached hydrogens (tertiary/aromatic N) is 2. The van der Waals surface area contributed by atoms with Crippen LogP contribution in [-0.2, 0) is 13.1 Å². The molecule has 0 saturated heterocycles. The van der Waals surface area contributed by atoms with Gasteiger partial charge in [0.05, 0.1) is 17.9 Å². The summed E-state index contributed by atoms with van der Waals surface area (Å²) in [7, 11) is 0. The van der Waals surface area contributed by atoms with Crippen LogP contribution < -0.4 is 5.32 Å². The highest BCUT2D eigenvalue weighted by Crippen LogP contribution is 2.33. The number of hydrogen-bond acceptors (Lipinski definition) is 3. The van der Waals surface area contributed by atoms with E-state index in [2.05, 4.69) is 41.1 Å². The SMILES string of the molecule is Cc1ccc(-c2nc3n(c2CNC(=O)c2cccc(Cl)c2)CCS3)cc1. The monoisotopic (exact) mass is 383 g/mol. The number of benzene rings is 2. The summed E-state index contributed by atoms with van der Waals surface area (Å²) in [4.78, 5) is 17.3. The zero-order chi connectivity index (χ0) is 18.1. The van der Waals surface area contributed by atoms with Crippen molar-refractivity contribution in [2.75, 3.05) is 5.75 Å². The number of carbonyl (C=O) groups is 1. The first kappa shape index (κ1) is 17.2. The van der Waals surface area contributed by atoms with Gasteiger partial charge >= 0.3 is 0 Å². The maximum Gasteiger partial charge on any atom is 0.251 e. The molecule has 1 aliphatic rings. The average Bonchev–Trinajstić information content (AvgIpc) is 3.22. The van der Waals surface area contributed by atoms with Gasteiger partial charge in [-0.05, 0) is 25.1 Å². The molecule has 0 saturated carbocycles.